The summed E-state index contributed by atoms with van der Waals surface area (Å²) in [6.45, 7) is 2.42. The van der Waals surface area contributed by atoms with Crippen LogP contribution in [0.2, 0.25) is 0 Å². The summed E-state index contributed by atoms with van der Waals surface area (Å²) in [5, 5.41) is 4.59. The summed E-state index contributed by atoms with van der Waals surface area (Å²) in [4.78, 5) is 27.0. The minimum Gasteiger partial charge on any atom is -0.492 e. The van der Waals surface area contributed by atoms with Crippen LogP contribution in [0.25, 0.3) is 0 Å². The molecule has 6 nitrogen and oxygen atoms in total. The molecule has 0 N–H and O–H groups in total. The summed E-state index contributed by atoms with van der Waals surface area (Å²) in [6, 6.07) is 9.66. The van der Waals surface area contributed by atoms with Gasteiger partial charge < -0.3 is 9.64 Å². The summed E-state index contributed by atoms with van der Waals surface area (Å²) in [5.41, 5.74) is 3.22. The van der Waals surface area contributed by atoms with Crippen molar-refractivity contribution in [2.75, 3.05) is 25.4 Å². The van der Waals surface area contributed by atoms with E-state index in [0.29, 0.717) is 32.2 Å². The van der Waals surface area contributed by atoms with Crippen molar-refractivity contribution in [1.82, 2.24) is 14.7 Å². The fraction of sp³-hybridized carbons (Fsp3) is 0.476. The van der Waals surface area contributed by atoms with Gasteiger partial charge in [0, 0.05) is 37.2 Å². The lowest BCUT2D eigenvalue weighted by atomic mass is 9.92. The highest BCUT2D eigenvalue weighted by molar-refractivity contribution is 7.98. The van der Waals surface area contributed by atoms with E-state index in [4.69, 9.17) is 4.74 Å². The van der Waals surface area contributed by atoms with Crippen LogP contribution in [0.15, 0.2) is 35.1 Å². The van der Waals surface area contributed by atoms with Crippen molar-refractivity contribution in [3.63, 3.8) is 0 Å². The highest BCUT2D eigenvalue weighted by Gasteiger charge is 2.36. The molecule has 1 aromatic carbocycles. The second-order valence-electron chi connectivity index (χ2n) is 7.87. The SMILES string of the molecule is O=C(C1COc2ccccc2C1)N1CC(Cn2nc3c(cc2=O)CSCC3)C1. The maximum absolute atomic E-state index is 12.8. The van der Waals surface area contributed by atoms with E-state index in [1.54, 1.807) is 10.7 Å². The van der Waals surface area contributed by atoms with Crippen molar-refractivity contribution in [1.29, 1.82) is 0 Å². The fourth-order valence-corrected chi connectivity index (χ4v) is 5.19. The molecule has 7 heteroatoms. The molecule has 1 atom stereocenters. The summed E-state index contributed by atoms with van der Waals surface area (Å²) < 4.78 is 7.36. The summed E-state index contributed by atoms with van der Waals surface area (Å²) in [6.07, 6.45) is 1.67. The second kappa shape index (κ2) is 7.28. The van der Waals surface area contributed by atoms with Gasteiger partial charge in [0.1, 0.15) is 12.4 Å². The zero-order valence-electron chi connectivity index (χ0n) is 15.7. The molecule has 3 aliphatic rings. The zero-order chi connectivity index (χ0) is 19.1. The van der Waals surface area contributed by atoms with Crippen LogP contribution in [0.1, 0.15) is 16.8 Å². The Hall–Kier alpha value is -2.28. The topological polar surface area (TPSA) is 64.4 Å². The monoisotopic (exact) mass is 397 g/mol. The van der Waals surface area contributed by atoms with Crippen molar-refractivity contribution in [2.45, 2.75) is 25.1 Å². The van der Waals surface area contributed by atoms with E-state index in [1.165, 1.54) is 0 Å². The van der Waals surface area contributed by atoms with Crippen molar-refractivity contribution >= 4 is 17.7 Å². The highest BCUT2D eigenvalue weighted by Crippen LogP contribution is 2.29. The Morgan fingerprint density at radius 1 is 1.25 bits per heavy atom. The number of fused-ring (bicyclic) bond motifs is 2. The third-order valence-corrected chi connectivity index (χ3v) is 6.84. The summed E-state index contributed by atoms with van der Waals surface area (Å²) in [7, 11) is 0. The number of carbonyl (C=O) groups excluding carboxylic acids is 1. The van der Waals surface area contributed by atoms with Gasteiger partial charge in [-0.25, -0.2) is 4.68 Å². The van der Waals surface area contributed by atoms with Crippen LogP contribution in [-0.2, 0) is 29.9 Å². The molecule has 4 heterocycles. The smallest absolute Gasteiger partial charge is 0.267 e. The summed E-state index contributed by atoms with van der Waals surface area (Å²) in [5.74, 6) is 3.19. The van der Waals surface area contributed by atoms with Crippen molar-refractivity contribution in [2.24, 2.45) is 11.8 Å². The van der Waals surface area contributed by atoms with Gasteiger partial charge in [-0.3, -0.25) is 9.59 Å². The van der Waals surface area contributed by atoms with Crippen LogP contribution in [-0.4, -0.2) is 46.0 Å². The Balaban J connectivity index is 1.19. The molecule has 0 aliphatic carbocycles. The van der Waals surface area contributed by atoms with Gasteiger partial charge in [-0.1, -0.05) is 18.2 Å². The Morgan fingerprint density at radius 2 is 2.11 bits per heavy atom. The molecule has 0 spiro atoms. The average Bonchev–Trinajstić information content (AvgIpc) is 2.69. The largest absolute Gasteiger partial charge is 0.492 e. The zero-order valence-corrected chi connectivity index (χ0v) is 16.5. The van der Waals surface area contributed by atoms with E-state index in [2.05, 4.69) is 5.10 Å². The van der Waals surface area contributed by atoms with Crippen LogP contribution in [0.5, 0.6) is 5.75 Å². The number of nitrogens with zero attached hydrogens (tertiary/aromatic N) is 3. The molecule has 2 aromatic rings. The number of aryl methyl sites for hydroxylation is 1. The maximum atomic E-state index is 12.8. The number of ether oxygens (including phenoxy) is 1. The van der Waals surface area contributed by atoms with Crippen molar-refractivity contribution < 1.29 is 9.53 Å². The van der Waals surface area contributed by atoms with Crippen LogP contribution < -0.4 is 10.3 Å². The number of rotatable bonds is 3. The maximum Gasteiger partial charge on any atom is 0.267 e. The third kappa shape index (κ3) is 3.32. The molecular weight excluding hydrogens is 374 g/mol. The van der Waals surface area contributed by atoms with Crippen molar-refractivity contribution in [3.05, 3.63) is 57.5 Å². The molecule has 0 radical (unpaired) electrons. The molecule has 0 bridgehead atoms. The quantitative estimate of drug-likeness (QED) is 0.790. The van der Waals surface area contributed by atoms with Gasteiger partial charge in [-0.2, -0.15) is 16.9 Å². The first-order valence-electron chi connectivity index (χ1n) is 9.84. The third-order valence-electron chi connectivity index (χ3n) is 5.83. The lowest BCUT2D eigenvalue weighted by molar-refractivity contribution is -0.143. The van der Waals surface area contributed by atoms with Crippen LogP contribution in [0.4, 0.5) is 0 Å². The van der Waals surface area contributed by atoms with Crippen molar-refractivity contribution in [3.8, 4) is 5.75 Å². The minimum atomic E-state index is -0.113. The number of benzene rings is 1. The number of carbonyl (C=O) groups is 1. The molecule has 5 rings (SSSR count). The average molecular weight is 398 g/mol. The van der Waals surface area contributed by atoms with Gasteiger partial charge in [0.25, 0.3) is 5.56 Å². The Bertz CT molecular complexity index is 968. The number of hydrogen-bond acceptors (Lipinski definition) is 5. The van der Waals surface area contributed by atoms with Gasteiger partial charge in [0.2, 0.25) is 5.91 Å². The van der Waals surface area contributed by atoms with E-state index in [-0.39, 0.29) is 17.4 Å². The molecule has 146 valence electrons. The number of amides is 1. The van der Waals surface area contributed by atoms with Crippen LogP contribution in [0.3, 0.4) is 0 Å². The first-order valence-corrected chi connectivity index (χ1v) is 11.0. The molecule has 1 saturated heterocycles. The van der Waals surface area contributed by atoms with Gasteiger partial charge in [0.05, 0.1) is 18.2 Å². The first kappa shape index (κ1) is 17.8. The lowest BCUT2D eigenvalue weighted by Gasteiger charge is -2.41. The number of aromatic nitrogens is 2. The van der Waals surface area contributed by atoms with E-state index < -0.39 is 0 Å². The first-order chi connectivity index (χ1) is 13.7. The van der Waals surface area contributed by atoms with Crippen LogP contribution >= 0.6 is 11.8 Å². The predicted molar refractivity (Wildman–Crippen MR) is 108 cm³/mol. The molecule has 1 unspecified atom stereocenters. The standard InChI is InChI=1S/C21H23N3O3S/c25-20-8-17-13-28-6-5-18(17)22-24(20)11-14-9-23(10-14)21(26)16-7-15-3-1-2-4-19(15)27-12-16/h1-4,8,14,16H,5-7,9-13H2. The van der Waals surface area contributed by atoms with Gasteiger partial charge >= 0.3 is 0 Å². The number of para-hydroxylation sites is 1. The number of hydrogen-bond donors (Lipinski definition) is 0. The predicted octanol–water partition coefficient (Wildman–Crippen LogP) is 1.74. The normalized spacial score (nSPS) is 21.3. The lowest BCUT2D eigenvalue weighted by Crippen LogP contribution is -2.55. The van der Waals surface area contributed by atoms with E-state index in [0.717, 1.165) is 46.9 Å². The molecule has 1 aromatic heterocycles. The molecule has 28 heavy (non-hydrogen) atoms. The van der Waals surface area contributed by atoms with E-state index in [1.807, 2.05) is 40.9 Å². The van der Waals surface area contributed by atoms with Crippen LogP contribution in [0, 0.1) is 11.8 Å². The van der Waals surface area contributed by atoms with E-state index >= 15 is 0 Å². The summed E-state index contributed by atoms with van der Waals surface area (Å²) >= 11 is 1.85. The van der Waals surface area contributed by atoms with Gasteiger partial charge in [-0.15, -0.1) is 0 Å². The second-order valence-corrected chi connectivity index (χ2v) is 8.97. The number of thioether (sulfide) groups is 1. The molecule has 0 saturated carbocycles. The molecule has 1 amide bonds. The Kier molecular flexibility index (Phi) is 4.62. The fourth-order valence-electron chi connectivity index (χ4n) is 4.24. The highest BCUT2D eigenvalue weighted by atomic mass is 32.2. The van der Waals surface area contributed by atoms with Gasteiger partial charge in [0.15, 0.2) is 0 Å². The number of likely N-dealkylation sites (tertiary alicyclic amines) is 1. The Morgan fingerprint density at radius 3 is 3.00 bits per heavy atom. The Labute approximate surface area is 167 Å². The molecule has 3 aliphatic heterocycles. The molecule has 1 fully saturated rings. The molecular formula is C21H23N3O3S. The van der Waals surface area contributed by atoms with Gasteiger partial charge in [-0.05, 0) is 29.4 Å². The van der Waals surface area contributed by atoms with E-state index in [9.17, 15) is 9.59 Å². The minimum absolute atomic E-state index is 0.0247.